The van der Waals surface area contributed by atoms with E-state index in [0.717, 1.165) is 69.5 Å². The highest BCUT2D eigenvalue weighted by atomic mass is 19.1. The van der Waals surface area contributed by atoms with Gasteiger partial charge in [0.25, 0.3) is 0 Å². The number of carboxylic acid groups (broad SMARTS) is 1. The van der Waals surface area contributed by atoms with Crippen LogP contribution in [0.1, 0.15) is 56.0 Å². The topological polar surface area (TPSA) is 70.4 Å². The summed E-state index contributed by atoms with van der Waals surface area (Å²) < 4.78 is 17.1. The maximum absolute atomic E-state index is 14.9. The first-order valence-electron chi connectivity index (χ1n) is 14.0. The second-order valence-corrected chi connectivity index (χ2v) is 11.0. The van der Waals surface area contributed by atoms with Gasteiger partial charge in [0.1, 0.15) is 11.6 Å². The summed E-state index contributed by atoms with van der Waals surface area (Å²) in [5.74, 6) is 1.12. The molecule has 1 unspecified atom stereocenters. The minimum atomic E-state index is -0.982. The molecular weight excluding hydrogens is 479 g/mol. The van der Waals surface area contributed by atoms with E-state index in [1.165, 1.54) is 11.6 Å². The Labute approximate surface area is 224 Å². The van der Waals surface area contributed by atoms with Crippen molar-refractivity contribution >= 4 is 6.09 Å². The summed E-state index contributed by atoms with van der Waals surface area (Å²) in [6.45, 7) is 5.63. The second kappa shape index (κ2) is 11.7. The van der Waals surface area contributed by atoms with E-state index in [2.05, 4.69) is 57.0 Å². The highest BCUT2D eigenvalue weighted by molar-refractivity contribution is 5.65. The Morgan fingerprint density at radius 1 is 1.11 bits per heavy atom. The summed E-state index contributed by atoms with van der Waals surface area (Å²) in [4.78, 5) is 18.9. The van der Waals surface area contributed by atoms with Crippen LogP contribution in [0.2, 0.25) is 0 Å². The Morgan fingerprint density at radius 3 is 2.61 bits per heavy atom. The van der Waals surface area contributed by atoms with E-state index in [1.807, 2.05) is 24.5 Å². The first-order chi connectivity index (χ1) is 18.5. The summed E-state index contributed by atoms with van der Waals surface area (Å²) >= 11 is 0. The number of halogens is 1. The molecule has 0 radical (unpaired) electrons. The first-order valence-corrected chi connectivity index (χ1v) is 14.0. The van der Waals surface area contributed by atoms with E-state index >= 15 is 0 Å². The van der Waals surface area contributed by atoms with Gasteiger partial charge in [-0.2, -0.15) is 0 Å². The molecule has 7 heteroatoms. The summed E-state index contributed by atoms with van der Waals surface area (Å²) in [6, 6.07) is 17.5. The highest BCUT2D eigenvalue weighted by Gasteiger charge is 2.52. The maximum Gasteiger partial charge on any atom is 0.404 e. The lowest BCUT2D eigenvalue weighted by Crippen LogP contribution is -2.55. The largest absolute Gasteiger partial charge is 0.465 e. The molecule has 2 fully saturated rings. The van der Waals surface area contributed by atoms with Crippen molar-refractivity contribution in [2.24, 2.45) is 11.8 Å². The number of aryl methyl sites for hydroxylation is 1. The lowest BCUT2D eigenvalue weighted by atomic mass is 9.58. The van der Waals surface area contributed by atoms with Crippen LogP contribution in [0.3, 0.4) is 0 Å². The lowest BCUT2D eigenvalue weighted by molar-refractivity contribution is 0.0592. The van der Waals surface area contributed by atoms with Gasteiger partial charge in [-0.15, -0.1) is 0 Å². The number of carbonyl (C=O) groups is 1. The monoisotopic (exact) mass is 518 g/mol. The van der Waals surface area contributed by atoms with Gasteiger partial charge < -0.3 is 15.0 Å². The Balaban J connectivity index is 1.54. The zero-order chi connectivity index (χ0) is 26.5. The zero-order valence-corrected chi connectivity index (χ0v) is 22.2. The van der Waals surface area contributed by atoms with Gasteiger partial charge in [0.2, 0.25) is 0 Å². The molecule has 1 aromatic heterocycles. The number of amides is 1. The van der Waals surface area contributed by atoms with Crippen LogP contribution in [-0.4, -0.2) is 44.8 Å². The van der Waals surface area contributed by atoms with Gasteiger partial charge in [0, 0.05) is 43.4 Å². The van der Waals surface area contributed by atoms with Crippen molar-refractivity contribution in [1.82, 2.24) is 19.8 Å². The van der Waals surface area contributed by atoms with Crippen molar-refractivity contribution in [1.29, 1.82) is 0 Å². The molecule has 1 aliphatic heterocycles. The van der Waals surface area contributed by atoms with Crippen LogP contribution < -0.4 is 5.32 Å². The van der Waals surface area contributed by atoms with Crippen LogP contribution in [0.15, 0.2) is 67.0 Å². The van der Waals surface area contributed by atoms with Crippen molar-refractivity contribution in [2.75, 3.05) is 13.1 Å². The number of aromatic nitrogens is 2. The maximum atomic E-state index is 14.9. The van der Waals surface area contributed by atoms with E-state index in [4.69, 9.17) is 0 Å². The van der Waals surface area contributed by atoms with Crippen molar-refractivity contribution in [3.63, 3.8) is 0 Å². The third-order valence-electron chi connectivity index (χ3n) is 8.96. The third-order valence-corrected chi connectivity index (χ3v) is 8.96. The molecule has 3 atom stereocenters. The molecule has 2 N–H and O–H groups in total. The van der Waals surface area contributed by atoms with Crippen LogP contribution in [-0.2, 0) is 24.9 Å². The molecule has 6 nitrogen and oxygen atoms in total. The number of hydrogen-bond donors (Lipinski definition) is 2. The fraction of sp³-hybridized carbons (Fsp3) is 0.484. The van der Waals surface area contributed by atoms with Gasteiger partial charge in [0.05, 0.1) is 0 Å². The average Bonchev–Trinajstić information content (AvgIpc) is 3.57. The molecule has 3 aromatic rings. The molecule has 1 saturated carbocycles. The quantitative estimate of drug-likeness (QED) is 0.372. The van der Waals surface area contributed by atoms with Gasteiger partial charge >= 0.3 is 6.09 Å². The summed E-state index contributed by atoms with van der Waals surface area (Å²) in [5, 5.41) is 12.6. The van der Waals surface area contributed by atoms with Crippen molar-refractivity contribution < 1.29 is 14.3 Å². The van der Waals surface area contributed by atoms with Gasteiger partial charge in [0.15, 0.2) is 0 Å². The second-order valence-electron chi connectivity index (χ2n) is 11.0. The molecular formula is C31H39FN4O2. The molecule has 1 amide bonds. The number of nitrogens with zero attached hydrogens (tertiary/aromatic N) is 3. The fourth-order valence-corrected chi connectivity index (χ4v) is 7.30. The Morgan fingerprint density at radius 2 is 1.89 bits per heavy atom. The van der Waals surface area contributed by atoms with Crippen molar-refractivity contribution in [3.05, 3.63) is 89.8 Å². The Hall–Kier alpha value is -3.19. The lowest BCUT2D eigenvalue weighted by Gasteiger charge is -2.51. The molecule has 202 valence electrons. The van der Waals surface area contributed by atoms with Gasteiger partial charge in [-0.25, -0.2) is 14.2 Å². The van der Waals surface area contributed by atoms with Gasteiger partial charge in [-0.1, -0.05) is 55.8 Å². The Bertz CT molecular complexity index is 1210. The number of imidazole rings is 1. The van der Waals surface area contributed by atoms with Gasteiger partial charge in [-0.3, -0.25) is 4.90 Å². The summed E-state index contributed by atoms with van der Waals surface area (Å²) in [7, 11) is 0. The van der Waals surface area contributed by atoms with Crippen LogP contribution in [0, 0.1) is 17.7 Å². The molecule has 1 aliphatic carbocycles. The van der Waals surface area contributed by atoms with E-state index in [-0.39, 0.29) is 23.7 Å². The Kier molecular flexibility index (Phi) is 8.12. The fourth-order valence-electron chi connectivity index (χ4n) is 7.30. The number of benzene rings is 2. The SMILES string of the molecule is CCc1nccn1CC(c1cccc(F)c1)(C1CCN(Cc2ccccc2)CC1)[C@H]1CCC[C@@H]1NC(=O)O. The molecule has 1 saturated heterocycles. The normalized spacial score (nSPS) is 22.3. The number of hydrogen-bond acceptors (Lipinski definition) is 3. The zero-order valence-electron chi connectivity index (χ0n) is 22.2. The van der Waals surface area contributed by atoms with E-state index < -0.39 is 11.5 Å². The number of rotatable bonds is 9. The van der Waals surface area contributed by atoms with Crippen molar-refractivity contribution in [3.8, 4) is 0 Å². The first kappa shape index (κ1) is 26.4. The van der Waals surface area contributed by atoms with Crippen LogP contribution >= 0.6 is 0 Å². The van der Waals surface area contributed by atoms with Crippen LogP contribution in [0.25, 0.3) is 0 Å². The molecule has 5 rings (SSSR count). The average molecular weight is 519 g/mol. The van der Waals surface area contributed by atoms with E-state index in [1.54, 1.807) is 6.07 Å². The van der Waals surface area contributed by atoms with Crippen LogP contribution in [0.4, 0.5) is 9.18 Å². The molecule has 0 spiro atoms. The third kappa shape index (κ3) is 5.48. The molecule has 2 aliphatic rings. The summed E-state index contributed by atoms with van der Waals surface area (Å²) in [6.07, 6.45) is 8.36. The number of likely N-dealkylation sites (tertiary alicyclic amines) is 1. The van der Waals surface area contributed by atoms with Crippen molar-refractivity contribution in [2.45, 2.75) is 70.0 Å². The minimum Gasteiger partial charge on any atom is -0.465 e. The summed E-state index contributed by atoms with van der Waals surface area (Å²) in [5.41, 5.74) is 1.88. The van der Waals surface area contributed by atoms with Crippen LogP contribution in [0.5, 0.6) is 0 Å². The molecule has 38 heavy (non-hydrogen) atoms. The smallest absolute Gasteiger partial charge is 0.404 e. The molecule has 2 heterocycles. The predicted molar refractivity (Wildman–Crippen MR) is 146 cm³/mol. The van der Waals surface area contributed by atoms with E-state index in [9.17, 15) is 14.3 Å². The minimum absolute atomic E-state index is 0.0678. The number of nitrogens with one attached hydrogen (secondary N) is 1. The molecule has 2 aromatic carbocycles. The van der Waals surface area contributed by atoms with E-state index in [0.29, 0.717) is 6.54 Å². The molecule has 0 bridgehead atoms. The highest BCUT2D eigenvalue weighted by Crippen LogP contribution is 2.51. The predicted octanol–water partition coefficient (Wildman–Crippen LogP) is 5.87. The number of piperidine rings is 1. The van der Waals surface area contributed by atoms with Gasteiger partial charge in [-0.05, 0) is 73.9 Å². The standard InChI is InChI=1S/C31H39FN4O2/c1-2-29-33-16-19-36(29)22-31(25-10-6-11-26(32)20-25,27-12-7-13-28(27)34-30(37)38)24-14-17-35(18-15-24)21-23-8-4-3-5-9-23/h3-6,8-11,16,19-20,24,27-28,34H,2,7,12-15,17-18,21-22H2,1H3,(H,37,38)/t27-,28-,31?/m0/s1.